The quantitative estimate of drug-likeness (QED) is 0.540. The maximum absolute atomic E-state index is 12.5. The number of aromatic nitrogens is 2. The van der Waals surface area contributed by atoms with Crippen LogP contribution in [0.1, 0.15) is 28.7 Å². The molecule has 0 aliphatic heterocycles. The van der Waals surface area contributed by atoms with E-state index in [2.05, 4.69) is 5.10 Å². The van der Waals surface area contributed by atoms with Gasteiger partial charge in [-0.25, -0.2) is 9.48 Å². The van der Waals surface area contributed by atoms with Crippen molar-refractivity contribution in [2.24, 2.45) is 0 Å². The van der Waals surface area contributed by atoms with Gasteiger partial charge in [0.15, 0.2) is 5.69 Å². The molecule has 7 heteroatoms. The highest BCUT2D eigenvalue weighted by Crippen LogP contribution is 2.23. The summed E-state index contributed by atoms with van der Waals surface area (Å²) in [6, 6.07) is 7.28. The Morgan fingerprint density at radius 1 is 1.25 bits per heavy atom. The van der Waals surface area contributed by atoms with Crippen molar-refractivity contribution in [1.29, 1.82) is 0 Å². The summed E-state index contributed by atoms with van der Waals surface area (Å²) in [6.45, 7) is 2.34. The Labute approximate surface area is 146 Å². The summed E-state index contributed by atoms with van der Waals surface area (Å²) in [5.74, 6) is 0.669. The van der Waals surface area contributed by atoms with Crippen molar-refractivity contribution in [2.45, 2.75) is 20.0 Å². The van der Waals surface area contributed by atoms with Crippen molar-refractivity contribution in [3.05, 3.63) is 41.2 Å². The van der Waals surface area contributed by atoms with Crippen LogP contribution in [-0.4, -0.2) is 42.5 Å². The van der Waals surface area contributed by atoms with E-state index in [9.17, 15) is 4.79 Å². The summed E-state index contributed by atoms with van der Waals surface area (Å²) in [5.41, 5.74) is 2.55. The van der Waals surface area contributed by atoms with Crippen LogP contribution in [0.3, 0.4) is 0 Å². The number of carbonyl (C=O) groups excluding carboxylic acids is 1. The van der Waals surface area contributed by atoms with Crippen LogP contribution in [0.4, 0.5) is 0 Å². The largest absolute Gasteiger partial charge is 0.497 e. The van der Waals surface area contributed by atoms with Gasteiger partial charge in [-0.2, -0.15) is 5.10 Å². The van der Waals surface area contributed by atoms with Gasteiger partial charge in [0, 0.05) is 18.6 Å². The summed E-state index contributed by atoms with van der Waals surface area (Å²) in [4.78, 5) is 12.5. The minimum Gasteiger partial charge on any atom is -0.497 e. The summed E-state index contributed by atoms with van der Waals surface area (Å²) in [5, 5.41) is 4.54. The second kappa shape index (κ2) is 8.70. The molecular formula is C17H21ClN2O4. The first kappa shape index (κ1) is 18.3. The molecule has 1 heterocycles. The third-order valence-corrected chi connectivity index (χ3v) is 3.67. The number of ether oxygens (including phenoxy) is 3. The summed E-state index contributed by atoms with van der Waals surface area (Å²) < 4.78 is 17.2. The van der Waals surface area contributed by atoms with Gasteiger partial charge in [0.1, 0.15) is 5.75 Å². The summed E-state index contributed by atoms with van der Waals surface area (Å²) in [7, 11) is 3.18. The Hall–Kier alpha value is -2.05. The van der Waals surface area contributed by atoms with Crippen LogP contribution in [0.5, 0.6) is 5.75 Å². The molecule has 1 aromatic heterocycles. The number of hydrogen-bond acceptors (Lipinski definition) is 5. The molecule has 0 atom stereocenters. The van der Waals surface area contributed by atoms with E-state index in [-0.39, 0.29) is 6.61 Å². The van der Waals surface area contributed by atoms with Crippen molar-refractivity contribution in [3.8, 4) is 11.4 Å². The molecule has 0 aliphatic rings. The van der Waals surface area contributed by atoms with Crippen molar-refractivity contribution in [3.63, 3.8) is 0 Å². The van der Waals surface area contributed by atoms with Gasteiger partial charge in [0.2, 0.25) is 0 Å². The highest BCUT2D eigenvalue weighted by atomic mass is 35.5. The number of esters is 1. The van der Waals surface area contributed by atoms with Crippen molar-refractivity contribution in [1.82, 2.24) is 9.78 Å². The van der Waals surface area contributed by atoms with E-state index in [1.807, 2.05) is 24.3 Å². The monoisotopic (exact) mass is 352 g/mol. The zero-order valence-electron chi connectivity index (χ0n) is 14.0. The van der Waals surface area contributed by atoms with E-state index < -0.39 is 5.97 Å². The van der Waals surface area contributed by atoms with E-state index in [1.54, 1.807) is 25.8 Å². The fourth-order valence-corrected chi connectivity index (χ4v) is 2.61. The molecule has 0 radical (unpaired) electrons. The average Bonchev–Trinajstić information content (AvgIpc) is 2.94. The number of hydrogen-bond donors (Lipinski definition) is 0. The van der Waals surface area contributed by atoms with E-state index >= 15 is 0 Å². The Bertz CT molecular complexity index is 683. The molecule has 6 nitrogen and oxygen atoms in total. The van der Waals surface area contributed by atoms with Gasteiger partial charge in [-0.15, -0.1) is 11.6 Å². The second-order valence-electron chi connectivity index (χ2n) is 4.98. The van der Waals surface area contributed by atoms with Crippen LogP contribution < -0.4 is 4.74 Å². The molecule has 0 unspecified atom stereocenters. The number of alkyl halides is 1. The van der Waals surface area contributed by atoms with Crippen molar-refractivity contribution in [2.75, 3.05) is 26.7 Å². The first-order valence-corrected chi connectivity index (χ1v) is 8.16. The minimum absolute atomic E-state index is 0.284. The SMILES string of the molecule is CCOC(=O)c1c(CCCl)c(COC)nn1-c1ccc(OC)cc1. The minimum atomic E-state index is -0.428. The molecule has 0 saturated heterocycles. The Kier molecular flexibility index (Phi) is 6.63. The van der Waals surface area contributed by atoms with E-state index in [0.717, 1.165) is 17.0 Å². The molecule has 0 fully saturated rings. The lowest BCUT2D eigenvalue weighted by atomic mass is 10.1. The Balaban J connectivity index is 2.58. The smallest absolute Gasteiger partial charge is 0.357 e. The lowest BCUT2D eigenvalue weighted by Gasteiger charge is -2.09. The highest BCUT2D eigenvalue weighted by molar-refractivity contribution is 6.18. The molecule has 130 valence electrons. The normalized spacial score (nSPS) is 10.7. The number of carbonyl (C=O) groups is 1. The topological polar surface area (TPSA) is 62.6 Å². The maximum Gasteiger partial charge on any atom is 0.357 e. The lowest BCUT2D eigenvalue weighted by Crippen LogP contribution is -2.14. The lowest BCUT2D eigenvalue weighted by molar-refractivity contribution is 0.0514. The third-order valence-electron chi connectivity index (χ3n) is 3.48. The van der Waals surface area contributed by atoms with Gasteiger partial charge in [-0.1, -0.05) is 0 Å². The number of nitrogens with zero attached hydrogens (tertiary/aromatic N) is 2. The zero-order valence-corrected chi connectivity index (χ0v) is 14.8. The Morgan fingerprint density at radius 3 is 2.50 bits per heavy atom. The predicted octanol–water partition coefficient (Wildman–Crippen LogP) is 2.99. The summed E-state index contributed by atoms with van der Waals surface area (Å²) in [6.07, 6.45) is 0.505. The molecule has 0 spiro atoms. The molecule has 2 rings (SSSR count). The number of benzene rings is 1. The highest BCUT2D eigenvalue weighted by Gasteiger charge is 2.25. The van der Waals surface area contributed by atoms with Crippen LogP contribution in [-0.2, 0) is 22.5 Å². The van der Waals surface area contributed by atoms with E-state index in [4.69, 9.17) is 25.8 Å². The van der Waals surface area contributed by atoms with Crippen LogP contribution in [0, 0.1) is 0 Å². The number of methoxy groups -OCH3 is 2. The predicted molar refractivity (Wildman–Crippen MR) is 91.2 cm³/mol. The van der Waals surface area contributed by atoms with Crippen LogP contribution >= 0.6 is 11.6 Å². The fraction of sp³-hybridized carbons (Fsp3) is 0.412. The van der Waals surface area contributed by atoms with Crippen LogP contribution in [0.2, 0.25) is 0 Å². The Morgan fingerprint density at radius 2 is 1.96 bits per heavy atom. The van der Waals surface area contributed by atoms with Crippen LogP contribution in [0.15, 0.2) is 24.3 Å². The fourth-order valence-electron chi connectivity index (χ4n) is 2.42. The molecule has 0 amide bonds. The van der Waals surface area contributed by atoms with E-state index in [0.29, 0.717) is 30.3 Å². The van der Waals surface area contributed by atoms with Gasteiger partial charge >= 0.3 is 5.97 Å². The number of halogens is 1. The zero-order chi connectivity index (χ0) is 17.5. The maximum atomic E-state index is 12.5. The first-order chi connectivity index (χ1) is 11.7. The summed E-state index contributed by atoms with van der Waals surface area (Å²) >= 11 is 5.91. The van der Waals surface area contributed by atoms with Gasteiger partial charge in [0.25, 0.3) is 0 Å². The molecule has 0 bridgehead atoms. The molecule has 24 heavy (non-hydrogen) atoms. The molecule has 0 saturated carbocycles. The van der Waals surface area contributed by atoms with Gasteiger partial charge < -0.3 is 14.2 Å². The molecule has 0 aliphatic carbocycles. The molecular weight excluding hydrogens is 332 g/mol. The third kappa shape index (κ3) is 3.88. The number of rotatable bonds is 8. The molecule has 0 N–H and O–H groups in total. The molecule has 2 aromatic rings. The van der Waals surface area contributed by atoms with Crippen molar-refractivity contribution < 1.29 is 19.0 Å². The van der Waals surface area contributed by atoms with Gasteiger partial charge in [-0.05, 0) is 37.6 Å². The average molecular weight is 353 g/mol. The van der Waals surface area contributed by atoms with E-state index in [1.165, 1.54) is 0 Å². The van der Waals surface area contributed by atoms with Gasteiger partial charge in [0.05, 0.1) is 31.7 Å². The molecule has 1 aromatic carbocycles. The van der Waals surface area contributed by atoms with Crippen molar-refractivity contribution >= 4 is 17.6 Å². The standard InChI is InChI=1S/C17H21ClN2O4/c1-4-24-17(21)16-14(9-10-18)15(11-22-2)19-20(16)12-5-7-13(23-3)8-6-12/h5-8H,4,9-11H2,1-3H3. The second-order valence-corrected chi connectivity index (χ2v) is 5.35. The van der Waals surface area contributed by atoms with Gasteiger partial charge in [-0.3, -0.25) is 0 Å². The van der Waals surface area contributed by atoms with Crippen LogP contribution in [0.25, 0.3) is 5.69 Å². The first-order valence-electron chi connectivity index (χ1n) is 7.63.